The van der Waals surface area contributed by atoms with E-state index in [2.05, 4.69) is 4.74 Å². The maximum absolute atomic E-state index is 14.4. The number of methoxy groups -OCH3 is 2. The summed E-state index contributed by atoms with van der Waals surface area (Å²) in [6.07, 6.45) is -4.28. The van der Waals surface area contributed by atoms with E-state index in [9.17, 15) is 27.6 Å². The molecule has 1 aromatic carbocycles. The second-order valence-electron chi connectivity index (χ2n) is 6.70. The molecule has 164 valence electrons. The number of rotatable bonds is 7. The molecule has 1 aliphatic rings. The van der Waals surface area contributed by atoms with Crippen molar-refractivity contribution in [2.24, 2.45) is 0 Å². The van der Waals surface area contributed by atoms with Crippen LogP contribution in [0.3, 0.4) is 0 Å². The highest BCUT2D eigenvalue weighted by Crippen LogP contribution is 2.45. The number of nitrogens with one attached hydrogen (secondary N) is 1. The second kappa shape index (κ2) is 8.76. The molecule has 0 aromatic heterocycles. The third kappa shape index (κ3) is 3.86. The average Bonchev–Trinajstić information content (AvgIpc) is 2.92. The van der Waals surface area contributed by atoms with Crippen molar-refractivity contribution >= 4 is 17.8 Å². The van der Waals surface area contributed by atoms with E-state index in [4.69, 9.17) is 4.74 Å². The smallest absolute Gasteiger partial charge is 0.425 e. The number of esters is 1. The standard InChI is InChI=1S/C20H23F3N2O5/c1-5-6-10-25-12(2)15(17(27)30-4)19(18(25)28,20(21,22)23)24-16(26)13-8-7-9-14(11-13)29-3/h7-9,11H,5-6,10H2,1-4H3,(H,24,26)/t19-/m1/s1. The molecule has 10 heteroatoms. The topological polar surface area (TPSA) is 84.9 Å². The SMILES string of the molecule is CCCCN1C(=O)[C@@](NC(=O)c2cccc(OC)c2)(C(F)(F)F)C(C(=O)OC)=C1C. The van der Waals surface area contributed by atoms with E-state index in [0.717, 1.165) is 12.0 Å². The van der Waals surface area contributed by atoms with Gasteiger partial charge in [-0.05, 0) is 31.5 Å². The molecule has 30 heavy (non-hydrogen) atoms. The van der Waals surface area contributed by atoms with Gasteiger partial charge >= 0.3 is 12.1 Å². The van der Waals surface area contributed by atoms with Crippen LogP contribution in [0.15, 0.2) is 35.5 Å². The van der Waals surface area contributed by atoms with Gasteiger partial charge in [-0.15, -0.1) is 0 Å². The lowest BCUT2D eigenvalue weighted by atomic mass is 9.88. The van der Waals surface area contributed by atoms with Crippen LogP contribution < -0.4 is 10.1 Å². The van der Waals surface area contributed by atoms with Crippen molar-refractivity contribution in [3.05, 3.63) is 41.1 Å². The minimum absolute atomic E-state index is 0.0332. The highest BCUT2D eigenvalue weighted by Gasteiger charge is 2.70. The van der Waals surface area contributed by atoms with Crippen LogP contribution in [0, 0.1) is 0 Å². The zero-order valence-electron chi connectivity index (χ0n) is 17.1. The summed E-state index contributed by atoms with van der Waals surface area (Å²) in [4.78, 5) is 39.0. The number of allylic oxidation sites excluding steroid dienone is 1. The number of amides is 2. The number of nitrogens with zero attached hydrogens (tertiary/aromatic N) is 1. The van der Waals surface area contributed by atoms with Gasteiger partial charge in [0.2, 0.25) is 0 Å². The summed E-state index contributed by atoms with van der Waals surface area (Å²) in [7, 11) is 2.24. The lowest BCUT2D eigenvalue weighted by Gasteiger charge is -2.33. The van der Waals surface area contributed by atoms with Crippen molar-refractivity contribution < 1.29 is 37.0 Å². The molecular formula is C20H23F3N2O5. The van der Waals surface area contributed by atoms with Crippen molar-refractivity contribution in [1.82, 2.24) is 10.2 Å². The van der Waals surface area contributed by atoms with Gasteiger partial charge in [-0.25, -0.2) is 4.79 Å². The fourth-order valence-corrected chi connectivity index (χ4v) is 3.31. The van der Waals surface area contributed by atoms with Gasteiger partial charge in [-0.2, -0.15) is 13.2 Å². The number of alkyl halides is 3. The van der Waals surface area contributed by atoms with Crippen LogP contribution >= 0.6 is 0 Å². The van der Waals surface area contributed by atoms with E-state index in [1.165, 1.54) is 38.3 Å². The molecule has 0 spiro atoms. The molecular weight excluding hydrogens is 405 g/mol. The predicted molar refractivity (Wildman–Crippen MR) is 101 cm³/mol. The maximum Gasteiger partial charge on any atom is 0.425 e. The van der Waals surface area contributed by atoms with Crippen molar-refractivity contribution in [2.75, 3.05) is 20.8 Å². The molecule has 0 radical (unpaired) electrons. The van der Waals surface area contributed by atoms with Crippen LogP contribution in [0.5, 0.6) is 5.75 Å². The van der Waals surface area contributed by atoms with Crippen molar-refractivity contribution in [3.63, 3.8) is 0 Å². The largest absolute Gasteiger partial charge is 0.497 e. The van der Waals surface area contributed by atoms with Gasteiger partial charge in [-0.3, -0.25) is 9.59 Å². The van der Waals surface area contributed by atoms with Gasteiger partial charge < -0.3 is 19.7 Å². The summed E-state index contributed by atoms with van der Waals surface area (Å²) in [5.41, 5.74) is -4.88. The first-order valence-electron chi connectivity index (χ1n) is 9.20. The van der Waals surface area contributed by atoms with Gasteiger partial charge in [0.25, 0.3) is 17.4 Å². The predicted octanol–water partition coefficient (Wildman–Crippen LogP) is 2.82. The Kier molecular flexibility index (Phi) is 6.79. The molecule has 1 heterocycles. The first-order chi connectivity index (χ1) is 14.0. The van der Waals surface area contributed by atoms with Crippen LogP contribution in [-0.2, 0) is 14.3 Å². The summed E-state index contributed by atoms with van der Waals surface area (Å²) in [6.45, 7) is 3.00. The second-order valence-corrected chi connectivity index (χ2v) is 6.70. The molecule has 1 N–H and O–H groups in total. The van der Waals surface area contributed by atoms with Gasteiger partial charge in [0.15, 0.2) is 0 Å². The highest BCUT2D eigenvalue weighted by atomic mass is 19.4. The highest BCUT2D eigenvalue weighted by molar-refractivity contribution is 6.11. The summed E-state index contributed by atoms with van der Waals surface area (Å²) < 4.78 is 52.6. The van der Waals surface area contributed by atoms with Gasteiger partial charge in [-0.1, -0.05) is 19.4 Å². The van der Waals surface area contributed by atoms with Crippen LogP contribution in [0.1, 0.15) is 37.0 Å². The fourth-order valence-electron chi connectivity index (χ4n) is 3.31. The van der Waals surface area contributed by atoms with E-state index in [0.29, 0.717) is 12.8 Å². The third-order valence-electron chi connectivity index (χ3n) is 4.89. The van der Waals surface area contributed by atoms with Crippen LogP contribution in [0.2, 0.25) is 0 Å². The number of carbonyl (C=O) groups excluding carboxylic acids is 3. The van der Waals surface area contributed by atoms with Gasteiger partial charge in [0.1, 0.15) is 11.3 Å². The average molecular weight is 428 g/mol. The summed E-state index contributed by atoms with van der Waals surface area (Å²) in [6, 6.07) is 5.42. The van der Waals surface area contributed by atoms with Crippen LogP contribution in [0.4, 0.5) is 13.2 Å². The molecule has 7 nitrogen and oxygen atoms in total. The molecule has 0 saturated carbocycles. The van der Waals surface area contributed by atoms with Crippen molar-refractivity contribution in [3.8, 4) is 5.75 Å². The summed E-state index contributed by atoms with van der Waals surface area (Å²) in [5.74, 6) is -3.74. The Morgan fingerprint density at radius 3 is 2.43 bits per heavy atom. The Morgan fingerprint density at radius 1 is 1.23 bits per heavy atom. The number of halogens is 3. The molecule has 0 bridgehead atoms. The van der Waals surface area contributed by atoms with Crippen molar-refractivity contribution in [1.29, 1.82) is 0 Å². The zero-order chi connectivity index (χ0) is 22.7. The minimum Gasteiger partial charge on any atom is -0.497 e. The van der Waals surface area contributed by atoms with Gasteiger partial charge in [0, 0.05) is 17.8 Å². The fraction of sp³-hybridized carbons (Fsp3) is 0.450. The molecule has 0 aliphatic carbocycles. The number of unbranched alkanes of at least 4 members (excludes halogenated alkanes) is 1. The Balaban J connectivity index is 2.63. The molecule has 2 rings (SSSR count). The van der Waals surface area contributed by atoms with E-state index in [1.807, 2.05) is 6.92 Å². The summed E-state index contributed by atoms with van der Waals surface area (Å²) in [5, 5.41) is 1.78. The normalized spacial score (nSPS) is 19.2. The molecule has 0 saturated heterocycles. The molecule has 0 fully saturated rings. The number of benzene rings is 1. The van der Waals surface area contributed by atoms with Crippen molar-refractivity contribution in [2.45, 2.75) is 38.4 Å². The minimum atomic E-state index is -5.30. The van der Waals surface area contributed by atoms with Crippen LogP contribution in [-0.4, -0.2) is 55.2 Å². The quantitative estimate of drug-likeness (QED) is 0.675. The molecule has 0 unspecified atom stereocenters. The Morgan fingerprint density at radius 2 is 1.90 bits per heavy atom. The summed E-state index contributed by atoms with van der Waals surface area (Å²) >= 11 is 0. The maximum atomic E-state index is 14.4. The van der Waals surface area contributed by atoms with E-state index < -0.39 is 35.1 Å². The molecule has 1 aliphatic heterocycles. The van der Waals surface area contributed by atoms with Crippen LogP contribution in [0.25, 0.3) is 0 Å². The monoisotopic (exact) mass is 428 g/mol. The lowest BCUT2D eigenvalue weighted by molar-refractivity contribution is -0.192. The lowest BCUT2D eigenvalue weighted by Crippen LogP contribution is -2.66. The first kappa shape index (κ1) is 23.2. The Bertz CT molecular complexity index is 881. The first-order valence-corrected chi connectivity index (χ1v) is 9.20. The van der Waals surface area contributed by atoms with E-state index in [-0.39, 0.29) is 23.6 Å². The number of hydrogen-bond acceptors (Lipinski definition) is 5. The molecule has 1 aromatic rings. The van der Waals surface area contributed by atoms with E-state index >= 15 is 0 Å². The molecule has 2 amide bonds. The Labute approximate surface area is 171 Å². The Hall–Kier alpha value is -3.04. The molecule has 1 atom stereocenters. The number of ether oxygens (including phenoxy) is 2. The third-order valence-corrected chi connectivity index (χ3v) is 4.89. The number of carbonyl (C=O) groups is 3. The van der Waals surface area contributed by atoms with Gasteiger partial charge in [0.05, 0.1) is 14.2 Å². The van der Waals surface area contributed by atoms with E-state index in [1.54, 1.807) is 5.32 Å². The zero-order valence-corrected chi connectivity index (χ0v) is 17.1. The number of hydrogen-bond donors (Lipinski definition) is 1.